The van der Waals surface area contributed by atoms with Crippen LogP contribution in [-0.4, -0.2) is 6.54 Å². The first-order valence-corrected chi connectivity index (χ1v) is 8.45. The third kappa shape index (κ3) is 4.42. The van der Waals surface area contributed by atoms with Crippen LogP contribution in [0.5, 0.6) is 0 Å². The molecule has 2 rings (SSSR count). The SMILES string of the molecule is CCCNC(Cc1cccc(Br)c1)c1cccc(C)c1C. The molecule has 0 aromatic heterocycles. The van der Waals surface area contributed by atoms with Gasteiger partial charge in [0.15, 0.2) is 0 Å². The van der Waals surface area contributed by atoms with E-state index in [1.807, 2.05) is 0 Å². The van der Waals surface area contributed by atoms with Gasteiger partial charge in [-0.2, -0.15) is 0 Å². The Balaban J connectivity index is 2.27. The Bertz CT molecular complexity index is 592. The van der Waals surface area contributed by atoms with Crippen molar-refractivity contribution in [1.29, 1.82) is 0 Å². The summed E-state index contributed by atoms with van der Waals surface area (Å²) in [6.45, 7) is 7.68. The Labute approximate surface area is 136 Å². The van der Waals surface area contributed by atoms with Crippen LogP contribution < -0.4 is 5.32 Å². The summed E-state index contributed by atoms with van der Waals surface area (Å²) >= 11 is 3.57. The lowest BCUT2D eigenvalue weighted by Crippen LogP contribution is -2.25. The molecule has 0 saturated heterocycles. The van der Waals surface area contributed by atoms with Gasteiger partial charge in [0.25, 0.3) is 0 Å². The fourth-order valence-electron chi connectivity index (χ4n) is 2.66. The molecule has 21 heavy (non-hydrogen) atoms. The van der Waals surface area contributed by atoms with Gasteiger partial charge in [0, 0.05) is 10.5 Å². The standard InChI is InChI=1S/C19H24BrN/c1-4-11-21-19(13-16-8-6-9-17(20)12-16)18-10-5-7-14(2)15(18)3/h5-10,12,19,21H,4,11,13H2,1-3H3. The van der Waals surface area contributed by atoms with Crippen molar-refractivity contribution in [2.75, 3.05) is 6.54 Å². The number of benzene rings is 2. The van der Waals surface area contributed by atoms with Crippen LogP contribution in [0.25, 0.3) is 0 Å². The molecule has 2 heteroatoms. The first-order chi connectivity index (χ1) is 10.1. The van der Waals surface area contributed by atoms with Crippen molar-refractivity contribution < 1.29 is 0 Å². The van der Waals surface area contributed by atoms with Crippen molar-refractivity contribution in [1.82, 2.24) is 5.32 Å². The summed E-state index contributed by atoms with van der Waals surface area (Å²) in [7, 11) is 0. The topological polar surface area (TPSA) is 12.0 Å². The minimum Gasteiger partial charge on any atom is -0.310 e. The van der Waals surface area contributed by atoms with Crippen LogP contribution in [0.3, 0.4) is 0 Å². The van der Waals surface area contributed by atoms with Gasteiger partial charge in [-0.15, -0.1) is 0 Å². The maximum absolute atomic E-state index is 3.71. The van der Waals surface area contributed by atoms with Crippen LogP contribution in [-0.2, 0) is 6.42 Å². The van der Waals surface area contributed by atoms with Crippen molar-refractivity contribution in [2.45, 2.75) is 39.7 Å². The molecule has 0 saturated carbocycles. The Morgan fingerprint density at radius 3 is 2.57 bits per heavy atom. The predicted octanol–water partition coefficient (Wildman–Crippen LogP) is 5.35. The minimum atomic E-state index is 0.374. The Hall–Kier alpha value is -1.12. The zero-order chi connectivity index (χ0) is 15.2. The highest BCUT2D eigenvalue weighted by Gasteiger charge is 2.14. The van der Waals surface area contributed by atoms with Gasteiger partial charge in [0.1, 0.15) is 0 Å². The summed E-state index contributed by atoms with van der Waals surface area (Å²) in [6, 6.07) is 15.6. The smallest absolute Gasteiger partial charge is 0.0363 e. The number of nitrogens with one attached hydrogen (secondary N) is 1. The lowest BCUT2D eigenvalue weighted by Gasteiger charge is -2.22. The van der Waals surface area contributed by atoms with E-state index in [0.29, 0.717) is 6.04 Å². The molecule has 0 spiro atoms. The van der Waals surface area contributed by atoms with Gasteiger partial charge in [0.05, 0.1) is 0 Å². The molecule has 0 amide bonds. The van der Waals surface area contributed by atoms with Crippen LogP contribution >= 0.6 is 15.9 Å². The second-order valence-electron chi connectivity index (χ2n) is 5.63. The largest absolute Gasteiger partial charge is 0.310 e. The van der Waals surface area contributed by atoms with Gasteiger partial charge in [-0.3, -0.25) is 0 Å². The quantitative estimate of drug-likeness (QED) is 0.743. The molecule has 0 heterocycles. The zero-order valence-corrected chi connectivity index (χ0v) is 14.7. The normalized spacial score (nSPS) is 12.4. The summed E-state index contributed by atoms with van der Waals surface area (Å²) in [4.78, 5) is 0. The summed E-state index contributed by atoms with van der Waals surface area (Å²) < 4.78 is 1.15. The Morgan fingerprint density at radius 1 is 1.10 bits per heavy atom. The summed E-state index contributed by atoms with van der Waals surface area (Å²) in [6.07, 6.45) is 2.17. The molecule has 0 aliphatic rings. The molecule has 1 nitrogen and oxygen atoms in total. The van der Waals surface area contributed by atoms with Gasteiger partial charge >= 0.3 is 0 Å². The molecule has 0 fully saturated rings. The van der Waals surface area contributed by atoms with Crippen molar-refractivity contribution in [3.05, 3.63) is 69.2 Å². The number of halogens is 1. The minimum absolute atomic E-state index is 0.374. The number of aryl methyl sites for hydroxylation is 1. The van der Waals surface area contributed by atoms with Gasteiger partial charge in [-0.05, 0) is 67.6 Å². The van der Waals surface area contributed by atoms with Crippen molar-refractivity contribution in [2.24, 2.45) is 0 Å². The maximum Gasteiger partial charge on any atom is 0.0363 e. The fraction of sp³-hybridized carbons (Fsp3) is 0.368. The molecule has 0 bridgehead atoms. The van der Waals surface area contributed by atoms with E-state index in [9.17, 15) is 0 Å². The fourth-order valence-corrected chi connectivity index (χ4v) is 3.11. The van der Waals surface area contributed by atoms with Crippen molar-refractivity contribution in [3.63, 3.8) is 0 Å². The Kier molecular flexibility index (Phi) is 6.01. The van der Waals surface area contributed by atoms with Gasteiger partial charge in [-0.1, -0.05) is 53.2 Å². The predicted molar refractivity (Wildman–Crippen MR) is 94.8 cm³/mol. The summed E-state index contributed by atoms with van der Waals surface area (Å²) in [5.74, 6) is 0. The van der Waals surface area contributed by atoms with Gasteiger partial charge in [-0.25, -0.2) is 0 Å². The van der Waals surface area contributed by atoms with E-state index in [1.54, 1.807) is 0 Å². The molecule has 0 aliphatic carbocycles. The highest BCUT2D eigenvalue weighted by Crippen LogP contribution is 2.25. The van der Waals surface area contributed by atoms with Gasteiger partial charge < -0.3 is 5.32 Å². The van der Waals surface area contributed by atoms with Crippen molar-refractivity contribution >= 4 is 15.9 Å². The average Bonchev–Trinajstić information content (AvgIpc) is 2.47. The van der Waals surface area contributed by atoms with Crippen molar-refractivity contribution in [3.8, 4) is 0 Å². The van der Waals surface area contributed by atoms with E-state index < -0.39 is 0 Å². The molecule has 2 aromatic carbocycles. The van der Waals surface area contributed by atoms with E-state index in [0.717, 1.165) is 23.9 Å². The van der Waals surface area contributed by atoms with E-state index in [4.69, 9.17) is 0 Å². The van der Waals surface area contributed by atoms with Crippen LogP contribution in [0.4, 0.5) is 0 Å². The molecule has 1 N–H and O–H groups in total. The second-order valence-corrected chi connectivity index (χ2v) is 6.55. The van der Waals surface area contributed by atoms with Crippen LogP contribution in [0.2, 0.25) is 0 Å². The highest BCUT2D eigenvalue weighted by molar-refractivity contribution is 9.10. The molecule has 1 atom stereocenters. The van der Waals surface area contributed by atoms with E-state index in [-0.39, 0.29) is 0 Å². The molecular formula is C19H24BrN. The van der Waals surface area contributed by atoms with Gasteiger partial charge in [0.2, 0.25) is 0 Å². The molecule has 1 unspecified atom stereocenters. The third-order valence-corrected chi connectivity index (χ3v) is 4.48. The summed E-state index contributed by atoms with van der Waals surface area (Å²) in [5, 5.41) is 3.71. The second kappa shape index (κ2) is 7.77. The number of hydrogen-bond acceptors (Lipinski definition) is 1. The first kappa shape index (κ1) is 16.3. The monoisotopic (exact) mass is 345 g/mol. The van der Waals surface area contributed by atoms with E-state index in [1.165, 1.54) is 22.3 Å². The van der Waals surface area contributed by atoms with E-state index in [2.05, 4.69) is 84.5 Å². The third-order valence-electron chi connectivity index (χ3n) is 3.99. The maximum atomic E-state index is 3.71. The lowest BCUT2D eigenvalue weighted by molar-refractivity contribution is 0.527. The summed E-state index contributed by atoms with van der Waals surface area (Å²) in [5.41, 5.74) is 5.55. The molecule has 0 radical (unpaired) electrons. The zero-order valence-electron chi connectivity index (χ0n) is 13.1. The first-order valence-electron chi connectivity index (χ1n) is 7.65. The number of rotatable bonds is 6. The highest BCUT2D eigenvalue weighted by atomic mass is 79.9. The number of hydrogen-bond donors (Lipinski definition) is 1. The molecule has 0 aliphatic heterocycles. The van der Waals surface area contributed by atoms with E-state index >= 15 is 0 Å². The molecule has 2 aromatic rings. The molecule has 112 valence electrons. The van der Waals surface area contributed by atoms with Crippen LogP contribution in [0.1, 0.15) is 41.6 Å². The lowest BCUT2D eigenvalue weighted by atomic mass is 9.93. The van der Waals surface area contributed by atoms with Crippen LogP contribution in [0.15, 0.2) is 46.9 Å². The van der Waals surface area contributed by atoms with Crippen LogP contribution in [0, 0.1) is 13.8 Å². The molecular weight excluding hydrogens is 322 g/mol. The average molecular weight is 346 g/mol. The Morgan fingerprint density at radius 2 is 1.86 bits per heavy atom.